The van der Waals surface area contributed by atoms with Gasteiger partial charge in [-0.05, 0) is 29.7 Å². The Morgan fingerprint density at radius 1 is 0.929 bits per heavy atom. The van der Waals surface area contributed by atoms with Crippen molar-refractivity contribution in [3.05, 3.63) is 72.1 Å². The van der Waals surface area contributed by atoms with Crippen LogP contribution in [0.1, 0.15) is 23.5 Å². The summed E-state index contributed by atoms with van der Waals surface area (Å²) in [5.74, 6) is -1.35. The zero-order chi connectivity index (χ0) is 19.5. The van der Waals surface area contributed by atoms with Crippen LogP contribution in [-0.4, -0.2) is 28.3 Å². The van der Waals surface area contributed by atoms with Crippen molar-refractivity contribution >= 4 is 33.6 Å². The van der Waals surface area contributed by atoms with E-state index in [2.05, 4.69) is 21.4 Å². The van der Waals surface area contributed by atoms with E-state index in [1.807, 2.05) is 48.7 Å². The summed E-state index contributed by atoms with van der Waals surface area (Å²) >= 11 is 0. The van der Waals surface area contributed by atoms with Crippen LogP contribution >= 0.6 is 0 Å². The lowest BCUT2D eigenvalue weighted by atomic mass is 9.94. The highest BCUT2D eigenvalue weighted by molar-refractivity contribution is 5.94. The van der Waals surface area contributed by atoms with Gasteiger partial charge in [0.05, 0.1) is 5.92 Å². The Morgan fingerprint density at radius 3 is 2.32 bits per heavy atom. The molecule has 0 radical (unpaired) electrons. The van der Waals surface area contributed by atoms with Crippen molar-refractivity contribution in [1.82, 2.24) is 15.3 Å². The number of rotatable bonds is 7. The van der Waals surface area contributed by atoms with Gasteiger partial charge < -0.3 is 21.0 Å². The Kier molecular flexibility index (Phi) is 4.85. The number of nitrogens with one attached hydrogen (secondary N) is 3. The highest BCUT2D eigenvalue weighted by atomic mass is 16.2. The lowest BCUT2D eigenvalue weighted by Gasteiger charge is -2.13. The molecular weight excluding hydrogens is 352 g/mol. The maximum Gasteiger partial charge on any atom is 0.225 e. The number of hydrogen-bond acceptors (Lipinski definition) is 2. The molecule has 0 fully saturated rings. The summed E-state index contributed by atoms with van der Waals surface area (Å²) in [7, 11) is 0. The molecule has 6 nitrogen and oxygen atoms in total. The second-order valence-corrected chi connectivity index (χ2v) is 6.91. The van der Waals surface area contributed by atoms with Crippen LogP contribution in [0.25, 0.3) is 21.8 Å². The van der Waals surface area contributed by atoms with E-state index < -0.39 is 11.8 Å². The highest BCUT2D eigenvalue weighted by Crippen LogP contribution is 2.27. The molecule has 6 heteroatoms. The minimum Gasteiger partial charge on any atom is -0.369 e. The van der Waals surface area contributed by atoms with Gasteiger partial charge in [0.2, 0.25) is 11.8 Å². The number of fused-ring (bicyclic) bond motifs is 2. The fourth-order valence-electron chi connectivity index (χ4n) is 3.68. The van der Waals surface area contributed by atoms with Gasteiger partial charge in [0.15, 0.2) is 0 Å². The first-order chi connectivity index (χ1) is 13.6. The van der Waals surface area contributed by atoms with Crippen LogP contribution in [0.2, 0.25) is 0 Å². The summed E-state index contributed by atoms with van der Waals surface area (Å²) in [5.41, 5.74) is 9.51. The Hall–Kier alpha value is -3.54. The lowest BCUT2D eigenvalue weighted by Crippen LogP contribution is -2.31. The average Bonchev–Trinajstić information content (AvgIpc) is 3.30. The standard InChI is InChI=1S/C22H22N4O2/c23-22(28)17(18-13-26-20-8-4-2-6-16(18)20)11-21(27)24-10-9-14-12-25-19-7-3-1-5-15(14)19/h1-8,12-13,17,25-26H,9-11H2,(H2,23,28)(H,24,27). The predicted molar refractivity (Wildman–Crippen MR) is 110 cm³/mol. The molecule has 0 saturated heterocycles. The van der Waals surface area contributed by atoms with Crippen LogP contribution in [0, 0.1) is 0 Å². The van der Waals surface area contributed by atoms with Crippen LogP contribution in [-0.2, 0) is 16.0 Å². The number of carbonyl (C=O) groups excluding carboxylic acids is 2. The maximum atomic E-state index is 12.4. The number of benzene rings is 2. The number of hydrogen-bond donors (Lipinski definition) is 4. The van der Waals surface area contributed by atoms with E-state index in [0.717, 1.165) is 32.9 Å². The molecule has 0 aliphatic rings. The van der Waals surface area contributed by atoms with Crippen LogP contribution in [0.15, 0.2) is 60.9 Å². The molecule has 1 unspecified atom stereocenters. The van der Waals surface area contributed by atoms with E-state index in [0.29, 0.717) is 13.0 Å². The summed E-state index contributed by atoms with van der Waals surface area (Å²) < 4.78 is 0. The fraction of sp³-hybridized carbons (Fsp3) is 0.182. The van der Waals surface area contributed by atoms with Gasteiger partial charge in [-0.25, -0.2) is 0 Å². The molecule has 0 saturated carbocycles. The molecule has 28 heavy (non-hydrogen) atoms. The van der Waals surface area contributed by atoms with Gasteiger partial charge in [-0.15, -0.1) is 0 Å². The second kappa shape index (κ2) is 7.60. The quantitative estimate of drug-likeness (QED) is 0.399. The maximum absolute atomic E-state index is 12.4. The van der Waals surface area contributed by atoms with Gasteiger partial charge in [-0.2, -0.15) is 0 Å². The Morgan fingerprint density at radius 2 is 1.57 bits per heavy atom. The number of amides is 2. The first-order valence-corrected chi connectivity index (χ1v) is 9.30. The van der Waals surface area contributed by atoms with E-state index in [1.54, 1.807) is 6.20 Å². The highest BCUT2D eigenvalue weighted by Gasteiger charge is 2.24. The summed E-state index contributed by atoms with van der Waals surface area (Å²) in [6.45, 7) is 0.500. The number of aromatic amines is 2. The SMILES string of the molecule is NC(=O)C(CC(=O)NCCc1c[nH]c2ccccc12)c1c[nH]c2ccccc12. The number of aromatic nitrogens is 2. The second-order valence-electron chi connectivity index (χ2n) is 6.91. The molecule has 1 atom stereocenters. The van der Waals surface area contributed by atoms with E-state index in [1.165, 1.54) is 0 Å². The normalized spacial score (nSPS) is 12.3. The van der Waals surface area contributed by atoms with Gasteiger partial charge in [0, 0.05) is 47.2 Å². The molecule has 4 rings (SSSR count). The van der Waals surface area contributed by atoms with Crippen molar-refractivity contribution in [2.45, 2.75) is 18.8 Å². The number of carbonyl (C=O) groups is 2. The smallest absolute Gasteiger partial charge is 0.225 e. The van der Waals surface area contributed by atoms with Crippen molar-refractivity contribution in [3.8, 4) is 0 Å². The van der Waals surface area contributed by atoms with Crippen LogP contribution in [0.4, 0.5) is 0 Å². The Balaban J connectivity index is 1.40. The molecular formula is C22H22N4O2. The van der Waals surface area contributed by atoms with Gasteiger partial charge in [-0.1, -0.05) is 36.4 Å². The van der Waals surface area contributed by atoms with E-state index in [9.17, 15) is 9.59 Å². The molecule has 2 aromatic carbocycles. The third-order valence-corrected chi connectivity index (χ3v) is 5.12. The topological polar surface area (TPSA) is 104 Å². The monoisotopic (exact) mass is 374 g/mol. The van der Waals surface area contributed by atoms with Crippen LogP contribution in [0.5, 0.6) is 0 Å². The largest absolute Gasteiger partial charge is 0.369 e. The molecule has 2 heterocycles. The van der Waals surface area contributed by atoms with Crippen molar-refractivity contribution in [1.29, 1.82) is 0 Å². The molecule has 4 aromatic rings. The third kappa shape index (κ3) is 3.49. The zero-order valence-electron chi connectivity index (χ0n) is 15.4. The molecule has 0 aliphatic carbocycles. The van der Waals surface area contributed by atoms with Gasteiger partial charge in [0.25, 0.3) is 0 Å². The first-order valence-electron chi connectivity index (χ1n) is 9.30. The van der Waals surface area contributed by atoms with Gasteiger partial charge in [0.1, 0.15) is 0 Å². The lowest BCUT2D eigenvalue weighted by molar-refractivity contribution is -0.126. The molecule has 2 amide bonds. The third-order valence-electron chi connectivity index (χ3n) is 5.12. The van der Waals surface area contributed by atoms with Gasteiger partial charge in [-0.3, -0.25) is 9.59 Å². The van der Waals surface area contributed by atoms with E-state index in [4.69, 9.17) is 5.73 Å². The number of H-pyrrole nitrogens is 2. The molecule has 5 N–H and O–H groups in total. The summed E-state index contributed by atoms with van der Waals surface area (Å²) in [4.78, 5) is 30.8. The molecule has 0 spiro atoms. The van der Waals surface area contributed by atoms with Crippen LogP contribution in [0.3, 0.4) is 0 Å². The van der Waals surface area contributed by atoms with Crippen molar-refractivity contribution in [2.24, 2.45) is 5.73 Å². The zero-order valence-corrected chi connectivity index (χ0v) is 15.4. The van der Waals surface area contributed by atoms with Crippen molar-refractivity contribution in [3.63, 3.8) is 0 Å². The summed E-state index contributed by atoms with van der Waals surface area (Å²) in [6.07, 6.45) is 4.48. The van der Waals surface area contributed by atoms with Crippen LogP contribution < -0.4 is 11.1 Å². The molecule has 2 aromatic heterocycles. The van der Waals surface area contributed by atoms with Crippen molar-refractivity contribution < 1.29 is 9.59 Å². The molecule has 142 valence electrons. The van der Waals surface area contributed by atoms with E-state index >= 15 is 0 Å². The Bertz CT molecular complexity index is 1140. The number of para-hydroxylation sites is 2. The average molecular weight is 374 g/mol. The predicted octanol–water partition coefficient (Wildman–Crippen LogP) is 2.97. The molecule has 0 aliphatic heterocycles. The number of primary amides is 1. The first kappa shape index (κ1) is 17.9. The minimum absolute atomic E-state index is 0.0328. The summed E-state index contributed by atoms with van der Waals surface area (Å²) in [6, 6.07) is 15.7. The number of nitrogens with two attached hydrogens (primary N) is 1. The minimum atomic E-state index is -0.663. The fourth-order valence-corrected chi connectivity index (χ4v) is 3.68. The van der Waals surface area contributed by atoms with Crippen molar-refractivity contribution in [2.75, 3.05) is 6.54 Å². The van der Waals surface area contributed by atoms with E-state index in [-0.39, 0.29) is 12.3 Å². The Labute approximate surface area is 162 Å². The summed E-state index contributed by atoms with van der Waals surface area (Å²) in [5, 5.41) is 4.98. The van der Waals surface area contributed by atoms with Gasteiger partial charge >= 0.3 is 0 Å². The molecule has 0 bridgehead atoms.